The van der Waals surface area contributed by atoms with E-state index in [2.05, 4.69) is 5.32 Å². The Kier molecular flexibility index (Phi) is 5.49. The molecule has 0 radical (unpaired) electrons. The third-order valence-electron chi connectivity index (χ3n) is 4.43. The van der Waals surface area contributed by atoms with E-state index in [9.17, 15) is 24.3 Å². The summed E-state index contributed by atoms with van der Waals surface area (Å²) in [6.45, 7) is 0. The van der Waals surface area contributed by atoms with Crippen LogP contribution in [0.1, 0.15) is 33.6 Å². The van der Waals surface area contributed by atoms with Gasteiger partial charge < -0.3 is 24.7 Å². The van der Waals surface area contributed by atoms with Crippen LogP contribution in [-0.4, -0.2) is 37.9 Å². The molecule has 1 aliphatic rings. The van der Waals surface area contributed by atoms with Gasteiger partial charge in [0.1, 0.15) is 0 Å². The van der Waals surface area contributed by atoms with Gasteiger partial charge in [-0.25, -0.2) is 0 Å². The first-order chi connectivity index (χ1) is 13.8. The first kappa shape index (κ1) is 19.9. The highest BCUT2D eigenvalue weighted by Crippen LogP contribution is 2.33. The first-order valence-corrected chi connectivity index (χ1v) is 8.60. The van der Waals surface area contributed by atoms with E-state index in [1.807, 2.05) is 0 Å². The standard InChI is InChI=1S/C20H18N2O7/c1-28-15-9-13(20(26)27)14(10-16(15)29-2)21-19(25)11-3-5-12(6-4-11)22-17(23)7-8-18(22)24/h3-6,9-10H,7-8H2,1-2H3,(H,21,25)(H,26,27)/p-1. The predicted molar refractivity (Wildman–Crippen MR) is 100.0 cm³/mol. The molecule has 0 atom stereocenters. The summed E-state index contributed by atoms with van der Waals surface area (Å²) in [5, 5.41) is 13.9. The number of hydrogen-bond donors (Lipinski definition) is 1. The van der Waals surface area contributed by atoms with Gasteiger partial charge in [-0.2, -0.15) is 0 Å². The van der Waals surface area contributed by atoms with Crippen molar-refractivity contribution in [1.29, 1.82) is 0 Å². The lowest BCUT2D eigenvalue weighted by molar-refractivity contribution is -0.254. The lowest BCUT2D eigenvalue weighted by atomic mass is 10.1. The fourth-order valence-electron chi connectivity index (χ4n) is 2.97. The van der Waals surface area contributed by atoms with Crippen LogP contribution >= 0.6 is 0 Å². The molecule has 1 N–H and O–H groups in total. The fraction of sp³-hybridized carbons (Fsp3) is 0.200. The van der Waals surface area contributed by atoms with Crippen molar-refractivity contribution >= 4 is 35.1 Å². The number of methoxy groups -OCH3 is 2. The molecule has 0 spiro atoms. The third-order valence-corrected chi connectivity index (χ3v) is 4.43. The molecule has 0 aromatic heterocycles. The molecule has 1 aliphatic heterocycles. The predicted octanol–water partition coefficient (Wildman–Crippen LogP) is 0.973. The normalized spacial score (nSPS) is 13.4. The monoisotopic (exact) mass is 397 g/mol. The maximum Gasteiger partial charge on any atom is 0.255 e. The molecule has 1 saturated heterocycles. The molecular formula is C20H17N2O7-. The van der Waals surface area contributed by atoms with Crippen molar-refractivity contribution in [3.8, 4) is 11.5 Å². The lowest BCUT2D eigenvalue weighted by Crippen LogP contribution is -2.28. The van der Waals surface area contributed by atoms with Crippen molar-refractivity contribution in [2.24, 2.45) is 0 Å². The number of imide groups is 1. The molecule has 150 valence electrons. The Hall–Kier alpha value is -3.88. The zero-order valence-electron chi connectivity index (χ0n) is 15.7. The largest absolute Gasteiger partial charge is 0.545 e. The van der Waals surface area contributed by atoms with Crippen LogP contribution in [0, 0.1) is 0 Å². The molecule has 2 aromatic rings. The number of carboxylic acid groups (broad SMARTS) is 1. The number of carbonyl (C=O) groups excluding carboxylic acids is 4. The molecule has 3 rings (SSSR count). The average Bonchev–Trinajstić information content (AvgIpc) is 3.05. The first-order valence-electron chi connectivity index (χ1n) is 8.60. The minimum atomic E-state index is -1.50. The molecule has 9 nitrogen and oxygen atoms in total. The van der Waals surface area contributed by atoms with E-state index >= 15 is 0 Å². The van der Waals surface area contributed by atoms with Gasteiger partial charge in [-0.3, -0.25) is 19.3 Å². The van der Waals surface area contributed by atoms with Gasteiger partial charge in [0.2, 0.25) is 11.8 Å². The van der Waals surface area contributed by atoms with Gasteiger partial charge in [-0.15, -0.1) is 0 Å². The van der Waals surface area contributed by atoms with Crippen LogP contribution in [0.3, 0.4) is 0 Å². The zero-order valence-corrected chi connectivity index (χ0v) is 15.7. The molecule has 1 fully saturated rings. The number of ether oxygens (including phenoxy) is 2. The maximum absolute atomic E-state index is 12.6. The summed E-state index contributed by atoms with van der Waals surface area (Å²) in [6, 6.07) is 8.33. The Morgan fingerprint density at radius 1 is 0.966 bits per heavy atom. The zero-order chi connectivity index (χ0) is 21.1. The summed E-state index contributed by atoms with van der Waals surface area (Å²) < 4.78 is 10.2. The Balaban J connectivity index is 1.86. The number of aromatic carboxylic acids is 1. The van der Waals surface area contributed by atoms with E-state index in [1.54, 1.807) is 0 Å². The molecule has 0 unspecified atom stereocenters. The topological polar surface area (TPSA) is 125 Å². The van der Waals surface area contributed by atoms with Crippen LogP contribution < -0.4 is 24.8 Å². The van der Waals surface area contributed by atoms with Crippen LogP contribution in [0.15, 0.2) is 36.4 Å². The number of carboxylic acids is 1. The van der Waals surface area contributed by atoms with Crippen LogP contribution in [0.25, 0.3) is 0 Å². The highest BCUT2D eigenvalue weighted by Gasteiger charge is 2.30. The van der Waals surface area contributed by atoms with Crippen molar-refractivity contribution in [1.82, 2.24) is 0 Å². The Labute approximate surface area is 165 Å². The maximum atomic E-state index is 12.6. The summed E-state index contributed by atoms with van der Waals surface area (Å²) in [5.74, 6) is -2.27. The Morgan fingerprint density at radius 3 is 2.03 bits per heavy atom. The lowest BCUT2D eigenvalue weighted by Gasteiger charge is -2.17. The van der Waals surface area contributed by atoms with E-state index in [0.717, 1.165) is 4.90 Å². The van der Waals surface area contributed by atoms with Crippen LogP contribution in [0.2, 0.25) is 0 Å². The number of carbonyl (C=O) groups is 4. The summed E-state index contributed by atoms with van der Waals surface area (Å²) in [5.41, 5.74) is 0.269. The van der Waals surface area contributed by atoms with Crippen LogP contribution in [0.4, 0.5) is 11.4 Å². The number of rotatable bonds is 6. The number of benzene rings is 2. The quantitative estimate of drug-likeness (QED) is 0.720. The van der Waals surface area contributed by atoms with E-state index in [4.69, 9.17) is 9.47 Å². The van der Waals surface area contributed by atoms with Crippen molar-refractivity contribution in [3.05, 3.63) is 47.5 Å². The van der Waals surface area contributed by atoms with Gasteiger partial charge in [0.05, 0.1) is 31.6 Å². The minimum absolute atomic E-state index is 0.0263. The smallest absolute Gasteiger partial charge is 0.255 e. The molecule has 0 saturated carbocycles. The number of amides is 3. The van der Waals surface area contributed by atoms with Crippen LogP contribution in [-0.2, 0) is 9.59 Å². The summed E-state index contributed by atoms with van der Waals surface area (Å²) in [7, 11) is 2.73. The van der Waals surface area contributed by atoms with Crippen molar-refractivity contribution < 1.29 is 33.8 Å². The van der Waals surface area contributed by atoms with E-state index in [0.29, 0.717) is 5.69 Å². The van der Waals surface area contributed by atoms with Crippen molar-refractivity contribution in [2.75, 3.05) is 24.4 Å². The van der Waals surface area contributed by atoms with Gasteiger partial charge in [0.15, 0.2) is 11.5 Å². The highest BCUT2D eigenvalue weighted by molar-refractivity contribution is 6.20. The van der Waals surface area contributed by atoms with Crippen LogP contribution in [0.5, 0.6) is 11.5 Å². The van der Waals surface area contributed by atoms with Gasteiger partial charge >= 0.3 is 0 Å². The van der Waals surface area contributed by atoms with Gasteiger partial charge in [0.25, 0.3) is 5.91 Å². The minimum Gasteiger partial charge on any atom is -0.545 e. The van der Waals surface area contributed by atoms with Crippen molar-refractivity contribution in [2.45, 2.75) is 12.8 Å². The Bertz CT molecular complexity index is 983. The molecule has 0 aliphatic carbocycles. The third kappa shape index (κ3) is 3.88. The second kappa shape index (κ2) is 8.01. The summed E-state index contributed by atoms with van der Waals surface area (Å²) in [6.07, 6.45) is 0.318. The molecule has 29 heavy (non-hydrogen) atoms. The number of hydrogen-bond acceptors (Lipinski definition) is 7. The second-order valence-electron chi connectivity index (χ2n) is 6.16. The molecule has 3 amide bonds. The molecule has 1 heterocycles. The molecule has 2 aromatic carbocycles. The fourth-order valence-corrected chi connectivity index (χ4v) is 2.97. The van der Waals surface area contributed by atoms with E-state index in [1.165, 1.54) is 50.6 Å². The Morgan fingerprint density at radius 2 is 1.52 bits per heavy atom. The number of nitrogens with one attached hydrogen (secondary N) is 1. The molecular weight excluding hydrogens is 380 g/mol. The van der Waals surface area contributed by atoms with Gasteiger partial charge in [-0.1, -0.05) is 0 Å². The average molecular weight is 397 g/mol. The van der Waals surface area contributed by atoms with E-state index < -0.39 is 11.9 Å². The summed E-state index contributed by atoms with van der Waals surface area (Å²) in [4.78, 5) is 48.7. The van der Waals surface area contributed by atoms with Crippen molar-refractivity contribution in [3.63, 3.8) is 0 Å². The molecule has 0 bridgehead atoms. The van der Waals surface area contributed by atoms with E-state index in [-0.39, 0.29) is 53.0 Å². The highest BCUT2D eigenvalue weighted by atomic mass is 16.5. The molecule has 9 heteroatoms. The SMILES string of the molecule is COc1cc(NC(=O)c2ccc(N3C(=O)CCC3=O)cc2)c(C(=O)[O-])cc1OC. The number of anilines is 2. The second-order valence-corrected chi connectivity index (χ2v) is 6.16. The summed E-state index contributed by atoms with van der Waals surface area (Å²) >= 11 is 0. The van der Waals surface area contributed by atoms with Gasteiger partial charge in [-0.05, 0) is 30.3 Å². The van der Waals surface area contributed by atoms with Gasteiger partial charge in [0, 0.05) is 30.0 Å². The number of nitrogens with zero attached hydrogens (tertiary/aromatic N) is 1.